The Morgan fingerprint density at radius 1 is 0.970 bits per heavy atom. The molecule has 4 rings (SSSR count). The van der Waals surface area contributed by atoms with Crippen molar-refractivity contribution in [3.05, 3.63) is 87.2 Å². The summed E-state index contributed by atoms with van der Waals surface area (Å²) < 4.78 is 0.716. The van der Waals surface area contributed by atoms with Gasteiger partial charge in [-0.2, -0.15) is 0 Å². The summed E-state index contributed by atoms with van der Waals surface area (Å²) in [4.78, 5) is 21.4. The smallest absolute Gasteiger partial charge is 0.277 e. The van der Waals surface area contributed by atoms with E-state index in [0.717, 1.165) is 5.56 Å². The van der Waals surface area contributed by atoms with Crippen LogP contribution in [0.2, 0.25) is 10.0 Å². The number of carbonyl (C=O) groups excluding carboxylic acids is 1. The second-order valence-electron chi connectivity index (χ2n) is 6.77. The van der Waals surface area contributed by atoms with Crippen LogP contribution >= 0.6 is 58.1 Å². The molecule has 11 heteroatoms. The Hall–Kier alpha value is -2.17. The maximum Gasteiger partial charge on any atom is 0.277 e. The highest BCUT2D eigenvalue weighted by Gasteiger charge is 2.17. The molecule has 0 spiro atoms. The molecule has 0 aliphatic heterocycles. The minimum atomic E-state index is -0.459. The molecular formula is C22H17Cl2N5OS3. The molecule has 2 heterocycles. The fourth-order valence-electron chi connectivity index (χ4n) is 2.72. The monoisotopic (exact) mass is 533 g/mol. The van der Waals surface area contributed by atoms with Crippen LogP contribution in [0.15, 0.2) is 64.2 Å². The molecule has 2 aromatic heterocycles. The number of nitrogens with zero attached hydrogens (tertiary/aromatic N) is 4. The van der Waals surface area contributed by atoms with Crippen molar-refractivity contribution in [2.24, 2.45) is 0 Å². The van der Waals surface area contributed by atoms with E-state index in [0.29, 0.717) is 31.2 Å². The molecule has 2 aromatic carbocycles. The minimum absolute atomic E-state index is 0.0967. The largest absolute Gasteiger partial charge is 0.295 e. The fraction of sp³-hybridized carbons (Fsp3) is 0.136. The summed E-state index contributed by atoms with van der Waals surface area (Å²) in [5.41, 5.74) is 3.48. The lowest BCUT2D eigenvalue weighted by molar-refractivity contribution is 0.102. The molecule has 0 aliphatic rings. The molecule has 0 aliphatic carbocycles. The Morgan fingerprint density at radius 2 is 1.70 bits per heavy atom. The number of rotatable bonds is 8. The first-order chi connectivity index (χ1) is 16.0. The van der Waals surface area contributed by atoms with Crippen LogP contribution in [0.1, 0.15) is 27.2 Å². The molecule has 0 radical (unpaired) electrons. The van der Waals surface area contributed by atoms with Crippen LogP contribution in [0.4, 0.5) is 5.13 Å². The standard InChI is InChI=1S/C22H17Cl2N5OS3/c1-13-6-2-3-7-14(13)11-31-20-25-10-17(24)18(26-20)19(30)27-21-28-29-22(33-21)32-12-15-8-4-5-9-16(15)23/h2-10H,11-12H2,1H3,(H,27,28,30). The van der Waals surface area contributed by atoms with Gasteiger partial charge in [-0.3, -0.25) is 10.1 Å². The third-order valence-electron chi connectivity index (χ3n) is 4.49. The Morgan fingerprint density at radius 3 is 2.48 bits per heavy atom. The van der Waals surface area contributed by atoms with E-state index >= 15 is 0 Å². The van der Waals surface area contributed by atoms with Crippen molar-refractivity contribution in [3.8, 4) is 0 Å². The van der Waals surface area contributed by atoms with Crippen molar-refractivity contribution in [1.82, 2.24) is 20.2 Å². The number of benzene rings is 2. The van der Waals surface area contributed by atoms with Crippen molar-refractivity contribution in [2.45, 2.75) is 27.9 Å². The maximum atomic E-state index is 12.8. The van der Waals surface area contributed by atoms with Crippen LogP contribution in [0.25, 0.3) is 0 Å². The Bertz CT molecular complexity index is 1280. The summed E-state index contributed by atoms with van der Waals surface area (Å²) in [5.74, 6) is 0.887. The Labute approximate surface area is 213 Å². The molecule has 0 saturated heterocycles. The first-order valence-electron chi connectivity index (χ1n) is 9.70. The van der Waals surface area contributed by atoms with E-state index in [1.54, 1.807) is 0 Å². The summed E-state index contributed by atoms with van der Waals surface area (Å²) in [7, 11) is 0. The van der Waals surface area contributed by atoms with Crippen molar-refractivity contribution in [1.29, 1.82) is 0 Å². The van der Waals surface area contributed by atoms with Gasteiger partial charge in [0, 0.05) is 16.5 Å². The van der Waals surface area contributed by atoms with Gasteiger partial charge in [0.2, 0.25) is 5.13 Å². The highest BCUT2D eigenvalue weighted by Crippen LogP contribution is 2.31. The summed E-state index contributed by atoms with van der Waals surface area (Å²) in [6.07, 6.45) is 1.44. The molecule has 0 atom stereocenters. The van der Waals surface area contributed by atoms with Crippen molar-refractivity contribution < 1.29 is 4.79 Å². The summed E-state index contributed by atoms with van der Waals surface area (Å²) in [6, 6.07) is 15.7. The molecule has 0 bridgehead atoms. The zero-order valence-corrected chi connectivity index (χ0v) is 21.2. The number of anilines is 1. The molecule has 4 aromatic rings. The number of amides is 1. The lowest BCUT2D eigenvalue weighted by atomic mass is 10.1. The van der Waals surface area contributed by atoms with Crippen LogP contribution in [-0.4, -0.2) is 26.1 Å². The Kier molecular flexibility index (Phi) is 8.21. The highest BCUT2D eigenvalue weighted by molar-refractivity contribution is 8.00. The van der Waals surface area contributed by atoms with E-state index in [1.165, 1.54) is 52.2 Å². The Balaban J connectivity index is 1.38. The number of aryl methyl sites for hydroxylation is 1. The first kappa shape index (κ1) is 24.0. The van der Waals surface area contributed by atoms with Gasteiger partial charge < -0.3 is 0 Å². The van der Waals surface area contributed by atoms with E-state index in [1.807, 2.05) is 36.4 Å². The van der Waals surface area contributed by atoms with Gasteiger partial charge in [-0.15, -0.1) is 10.2 Å². The zero-order valence-electron chi connectivity index (χ0n) is 17.3. The van der Waals surface area contributed by atoms with Gasteiger partial charge in [-0.1, -0.05) is 101 Å². The van der Waals surface area contributed by atoms with Gasteiger partial charge in [0.25, 0.3) is 5.91 Å². The van der Waals surface area contributed by atoms with E-state index in [4.69, 9.17) is 23.2 Å². The van der Waals surface area contributed by atoms with Crippen molar-refractivity contribution in [3.63, 3.8) is 0 Å². The van der Waals surface area contributed by atoms with Crippen molar-refractivity contribution in [2.75, 3.05) is 5.32 Å². The predicted molar refractivity (Wildman–Crippen MR) is 137 cm³/mol. The molecule has 168 valence electrons. The topological polar surface area (TPSA) is 80.7 Å². The summed E-state index contributed by atoms with van der Waals surface area (Å²) in [5, 5.41) is 12.6. The third-order valence-corrected chi connectivity index (χ3v) is 8.07. The van der Waals surface area contributed by atoms with Crippen LogP contribution < -0.4 is 5.32 Å². The predicted octanol–water partition coefficient (Wildman–Crippen LogP) is 6.78. The second kappa shape index (κ2) is 11.3. The van der Waals surface area contributed by atoms with Gasteiger partial charge in [0.15, 0.2) is 15.2 Å². The van der Waals surface area contributed by atoms with Gasteiger partial charge in [0.05, 0.1) is 11.2 Å². The molecule has 6 nitrogen and oxygen atoms in total. The normalized spacial score (nSPS) is 10.9. The number of hydrogen-bond donors (Lipinski definition) is 1. The van der Waals surface area contributed by atoms with Crippen LogP contribution in [0, 0.1) is 6.92 Å². The fourth-order valence-corrected chi connectivity index (χ4v) is 5.83. The van der Waals surface area contributed by atoms with Gasteiger partial charge >= 0.3 is 0 Å². The molecule has 0 unspecified atom stereocenters. The quantitative estimate of drug-likeness (QED) is 0.152. The molecular weight excluding hydrogens is 517 g/mol. The lowest BCUT2D eigenvalue weighted by Gasteiger charge is -2.07. The number of carbonyl (C=O) groups is 1. The van der Waals surface area contributed by atoms with E-state index in [-0.39, 0.29) is 10.7 Å². The van der Waals surface area contributed by atoms with Crippen LogP contribution in [0.5, 0.6) is 0 Å². The average molecular weight is 535 g/mol. The highest BCUT2D eigenvalue weighted by atomic mass is 35.5. The minimum Gasteiger partial charge on any atom is -0.295 e. The summed E-state index contributed by atoms with van der Waals surface area (Å²) >= 11 is 16.6. The second-order valence-corrected chi connectivity index (χ2v) is 10.7. The zero-order chi connectivity index (χ0) is 23.2. The van der Waals surface area contributed by atoms with Gasteiger partial charge in [-0.05, 0) is 29.7 Å². The molecule has 1 amide bonds. The number of hydrogen-bond acceptors (Lipinski definition) is 8. The third kappa shape index (κ3) is 6.45. The van der Waals surface area contributed by atoms with E-state index in [9.17, 15) is 4.79 Å². The molecule has 0 saturated carbocycles. The number of nitrogens with one attached hydrogen (secondary N) is 1. The first-order valence-corrected chi connectivity index (χ1v) is 13.2. The average Bonchev–Trinajstić information content (AvgIpc) is 3.26. The van der Waals surface area contributed by atoms with E-state index < -0.39 is 5.91 Å². The van der Waals surface area contributed by atoms with Gasteiger partial charge in [0.1, 0.15) is 0 Å². The molecule has 0 fully saturated rings. The molecule has 1 N–H and O–H groups in total. The van der Waals surface area contributed by atoms with Crippen molar-refractivity contribution >= 4 is 69.1 Å². The lowest BCUT2D eigenvalue weighted by Crippen LogP contribution is -2.15. The van der Waals surface area contributed by atoms with E-state index in [2.05, 4.69) is 44.5 Å². The van der Waals surface area contributed by atoms with Gasteiger partial charge in [-0.25, -0.2) is 9.97 Å². The number of halogens is 2. The maximum absolute atomic E-state index is 12.8. The molecule has 33 heavy (non-hydrogen) atoms. The SMILES string of the molecule is Cc1ccccc1CSc1ncc(Cl)c(C(=O)Nc2nnc(SCc3ccccc3Cl)s2)n1. The van der Waals surface area contributed by atoms with Crippen LogP contribution in [-0.2, 0) is 11.5 Å². The van der Waals surface area contributed by atoms with Crippen LogP contribution in [0.3, 0.4) is 0 Å². The number of thioether (sulfide) groups is 2. The number of aromatic nitrogens is 4. The summed E-state index contributed by atoms with van der Waals surface area (Å²) in [6.45, 7) is 2.06.